The van der Waals surface area contributed by atoms with Crippen LogP contribution in [0.3, 0.4) is 0 Å². The second-order valence-electron chi connectivity index (χ2n) is 8.03. The number of hydrogen-bond acceptors (Lipinski definition) is 7. The van der Waals surface area contributed by atoms with Crippen LogP contribution in [-0.2, 0) is 0 Å². The molecule has 3 aromatic carbocycles. The molecule has 0 radical (unpaired) electrons. The minimum absolute atomic E-state index is 0.626. The van der Waals surface area contributed by atoms with Crippen LogP contribution in [0.5, 0.6) is 17.2 Å². The van der Waals surface area contributed by atoms with Gasteiger partial charge in [0.05, 0.1) is 31.9 Å². The lowest BCUT2D eigenvalue weighted by atomic mass is 10.1. The molecule has 0 atom stereocenters. The fourth-order valence-electron chi connectivity index (χ4n) is 4.02. The van der Waals surface area contributed by atoms with E-state index in [0.29, 0.717) is 23.2 Å². The molecule has 0 bridgehead atoms. The molecule has 7 heteroatoms. The fraction of sp³-hybridized carbons (Fsp3) is 0.172. The molecule has 2 heterocycles. The number of methoxy groups -OCH3 is 2. The van der Waals surface area contributed by atoms with E-state index < -0.39 is 0 Å². The number of aryl methyl sites for hydroxylation is 1. The van der Waals surface area contributed by atoms with E-state index in [1.807, 2.05) is 86.6 Å². The lowest BCUT2D eigenvalue weighted by Crippen LogP contribution is -2.03. The van der Waals surface area contributed by atoms with Gasteiger partial charge in [-0.1, -0.05) is 23.5 Å². The SMILES string of the molecule is CCOc1ccc(-c2c/c(=N\c3nc(-c4ccc(OC)c(OC)c4)c(C)s3)c3ccccc3o2)cc1. The van der Waals surface area contributed by atoms with Gasteiger partial charge in [0, 0.05) is 27.5 Å². The van der Waals surface area contributed by atoms with Gasteiger partial charge in [0.1, 0.15) is 17.1 Å². The van der Waals surface area contributed by atoms with Gasteiger partial charge in [-0.25, -0.2) is 9.98 Å². The number of rotatable bonds is 7. The van der Waals surface area contributed by atoms with Crippen molar-refractivity contribution in [2.24, 2.45) is 4.99 Å². The van der Waals surface area contributed by atoms with E-state index in [1.54, 1.807) is 25.6 Å². The Bertz CT molecular complexity index is 1590. The van der Waals surface area contributed by atoms with Gasteiger partial charge in [-0.05, 0) is 68.4 Å². The first-order chi connectivity index (χ1) is 17.6. The fourth-order valence-corrected chi connectivity index (χ4v) is 4.83. The molecule has 5 rings (SSSR count). The van der Waals surface area contributed by atoms with E-state index in [1.165, 1.54) is 0 Å². The highest BCUT2D eigenvalue weighted by atomic mass is 32.1. The lowest BCUT2D eigenvalue weighted by molar-refractivity contribution is 0.340. The Labute approximate surface area is 213 Å². The Kier molecular flexibility index (Phi) is 6.73. The summed E-state index contributed by atoms with van der Waals surface area (Å²) in [5.41, 5.74) is 3.53. The van der Waals surface area contributed by atoms with Crippen molar-refractivity contribution in [1.82, 2.24) is 4.98 Å². The Morgan fingerprint density at radius 3 is 2.39 bits per heavy atom. The number of benzene rings is 3. The Morgan fingerprint density at radius 2 is 1.64 bits per heavy atom. The molecule has 0 aliphatic carbocycles. The number of hydrogen-bond donors (Lipinski definition) is 0. The molecular formula is C29H26N2O4S. The van der Waals surface area contributed by atoms with E-state index in [2.05, 4.69) is 0 Å². The van der Waals surface area contributed by atoms with Gasteiger partial charge in [0.25, 0.3) is 0 Å². The lowest BCUT2D eigenvalue weighted by Gasteiger charge is -2.08. The van der Waals surface area contributed by atoms with Crippen LogP contribution in [0.4, 0.5) is 5.13 Å². The van der Waals surface area contributed by atoms with E-state index in [9.17, 15) is 0 Å². The molecule has 0 fully saturated rings. The van der Waals surface area contributed by atoms with E-state index >= 15 is 0 Å². The summed E-state index contributed by atoms with van der Waals surface area (Å²) in [7, 11) is 3.25. The number of thiazole rings is 1. The largest absolute Gasteiger partial charge is 0.494 e. The first-order valence-corrected chi connectivity index (χ1v) is 12.4. The van der Waals surface area contributed by atoms with Crippen molar-refractivity contribution >= 4 is 27.4 Å². The Morgan fingerprint density at radius 1 is 0.889 bits per heavy atom. The van der Waals surface area contributed by atoms with Crippen LogP contribution in [0.15, 0.2) is 82.2 Å². The first-order valence-electron chi connectivity index (χ1n) is 11.6. The molecule has 0 unspecified atom stereocenters. The molecule has 182 valence electrons. The smallest absolute Gasteiger partial charge is 0.210 e. The monoisotopic (exact) mass is 498 g/mol. The first kappa shape index (κ1) is 23.6. The van der Waals surface area contributed by atoms with Crippen molar-refractivity contribution < 1.29 is 18.6 Å². The zero-order valence-corrected chi connectivity index (χ0v) is 21.4. The van der Waals surface area contributed by atoms with Crippen molar-refractivity contribution in [2.75, 3.05) is 20.8 Å². The number of fused-ring (bicyclic) bond motifs is 1. The number of nitrogens with zero attached hydrogens (tertiary/aromatic N) is 2. The normalized spacial score (nSPS) is 11.6. The quantitative estimate of drug-likeness (QED) is 0.238. The standard InChI is InChI=1S/C29H26N2O4S/c1-5-34-21-13-10-19(11-14-21)26-17-23(22-8-6-7-9-24(22)35-26)30-29-31-28(18(2)36-29)20-12-15-25(32-3)27(16-20)33-4/h6-17H,5H2,1-4H3/b30-23+. The summed E-state index contributed by atoms with van der Waals surface area (Å²) in [5, 5.41) is 2.40. The molecule has 2 aromatic heterocycles. The van der Waals surface area contributed by atoms with Crippen LogP contribution in [-0.4, -0.2) is 25.8 Å². The van der Waals surface area contributed by atoms with Gasteiger partial charge in [-0.2, -0.15) is 0 Å². The highest BCUT2D eigenvalue weighted by molar-refractivity contribution is 7.15. The molecule has 0 amide bonds. The average molecular weight is 499 g/mol. The Balaban J connectivity index is 1.60. The maximum Gasteiger partial charge on any atom is 0.210 e. The average Bonchev–Trinajstić information content (AvgIpc) is 3.28. The van der Waals surface area contributed by atoms with E-state index in [-0.39, 0.29) is 0 Å². The second kappa shape index (κ2) is 10.3. The topological polar surface area (TPSA) is 66.1 Å². The molecule has 5 aromatic rings. The Hall–Kier alpha value is -4.10. The zero-order valence-electron chi connectivity index (χ0n) is 20.6. The van der Waals surface area contributed by atoms with Crippen molar-refractivity contribution in [3.8, 4) is 39.8 Å². The number of aromatic nitrogens is 1. The highest BCUT2D eigenvalue weighted by Gasteiger charge is 2.13. The van der Waals surface area contributed by atoms with Gasteiger partial charge in [-0.3, -0.25) is 0 Å². The van der Waals surface area contributed by atoms with E-state index in [0.717, 1.165) is 49.5 Å². The predicted octanol–water partition coefficient (Wildman–Crippen LogP) is 7.18. The number of para-hydroxylation sites is 1. The molecule has 0 spiro atoms. The summed E-state index contributed by atoms with van der Waals surface area (Å²) < 4.78 is 22.6. The molecule has 0 saturated heterocycles. The maximum atomic E-state index is 6.23. The van der Waals surface area contributed by atoms with Crippen LogP contribution in [0.25, 0.3) is 33.6 Å². The summed E-state index contributed by atoms with van der Waals surface area (Å²) in [6.45, 7) is 4.64. The van der Waals surface area contributed by atoms with Crippen molar-refractivity contribution in [1.29, 1.82) is 0 Å². The minimum Gasteiger partial charge on any atom is -0.494 e. The molecular weight excluding hydrogens is 472 g/mol. The van der Waals surface area contributed by atoms with Gasteiger partial charge < -0.3 is 18.6 Å². The maximum absolute atomic E-state index is 6.23. The van der Waals surface area contributed by atoms with Crippen LogP contribution in [0.2, 0.25) is 0 Å². The summed E-state index contributed by atoms with van der Waals surface area (Å²) in [6.07, 6.45) is 0. The molecule has 0 aliphatic heterocycles. The van der Waals surface area contributed by atoms with Crippen molar-refractivity contribution in [3.05, 3.63) is 83.0 Å². The summed E-state index contributed by atoms with van der Waals surface area (Å²) in [6, 6.07) is 23.5. The van der Waals surface area contributed by atoms with Crippen molar-refractivity contribution in [2.45, 2.75) is 13.8 Å². The molecule has 0 N–H and O–H groups in total. The van der Waals surface area contributed by atoms with Gasteiger partial charge in [-0.15, -0.1) is 0 Å². The third-order valence-corrected chi connectivity index (χ3v) is 6.62. The third kappa shape index (κ3) is 4.70. The van der Waals surface area contributed by atoms with Crippen molar-refractivity contribution in [3.63, 3.8) is 0 Å². The summed E-state index contributed by atoms with van der Waals surface area (Å²) in [4.78, 5) is 10.9. The summed E-state index contributed by atoms with van der Waals surface area (Å²) in [5.74, 6) is 2.90. The molecule has 0 aliphatic rings. The van der Waals surface area contributed by atoms with E-state index in [4.69, 9.17) is 28.6 Å². The highest BCUT2D eigenvalue weighted by Crippen LogP contribution is 2.36. The number of ether oxygens (including phenoxy) is 3. The van der Waals surface area contributed by atoms with Crippen LogP contribution in [0, 0.1) is 6.92 Å². The predicted molar refractivity (Wildman–Crippen MR) is 143 cm³/mol. The second-order valence-corrected chi connectivity index (χ2v) is 9.21. The molecule has 36 heavy (non-hydrogen) atoms. The van der Waals surface area contributed by atoms with Gasteiger partial charge >= 0.3 is 0 Å². The molecule has 0 saturated carbocycles. The van der Waals surface area contributed by atoms with Gasteiger partial charge in [0.2, 0.25) is 5.13 Å². The zero-order chi connectivity index (χ0) is 25.1. The minimum atomic E-state index is 0.626. The van der Waals surface area contributed by atoms with Crippen LogP contribution >= 0.6 is 11.3 Å². The summed E-state index contributed by atoms with van der Waals surface area (Å²) >= 11 is 1.55. The van der Waals surface area contributed by atoms with Crippen LogP contribution in [0.1, 0.15) is 11.8 Å². The van der Waals surface area contributed by atoms with Crippen LogP contribution < -0.4 is 19.6 Å². The van der Waals surface area contributed by atoms with Gasteiger partial charge in [0.15, 0.2) is 11.5 Å². The molecule has 6 nitrogen and oxygen atoms in total. The third-order valence-electron chi connectivity index (χ3n) is 5.76.